The number of rotatable bonds is 6. The zero-order valence-corrected chi connectivity index (χ0v) is 13.3. The van der Waals surface area contributed by atoms with Crippen molar-refractivity contribution in [2.45, 2.75) is 19.6 Å². The lowest BCUT2D eigenvalue weighted by Gasteiger charge is -2.16. The Balaban J connectivity index is 2.46. The van der Waals surface area contributed by atoms with Gasteiger partial charge in [-0.2, -0.15) is 0 Å². The molecule has 0 bridgehead atoms. The zero-order valence-electron chi connectivity index (χ0n) is 12.4. The minimum atomic E-state index is -0.267. The van der Waals surface area contributed by atoms with Crippen molar-refractivity contribution in [3.63, 3.8) is 0 Å². The third kappa shape index (κ3) is 6.52. The van der Waals surface area contributed by atoms with E-state index in [-0.39, 0.29) is 11.9 Å². The second-order valence-electron chi connectivity index (χ2n) is 4.54. The van der Waals surface area contributed by atoms with Gasteiger partial charge in [0, 0.05) is 25.8 Å². The molecule has 0 radical (unpaired) electrons. The van der Waals surface area contributed by atoms with Gasteiger partial charge in [-0.3, -0.25) is 15.6 Å². The molecule has 1 amide bonds. The van der Waals surface area contributed by atoms with E-state index in [1.807, 2.05) is 13.0 Å². The molecule has 0 saturated carbocycles. The van der Waals surface area contributed by atoms with E-state index in [0.29, 0.717) is 23.9 Å². The summed E-state index contributed by atoms with van der Waals surface area (Å²) in [5, 5.41) is 3.31. The van der Waals surface area contributed by atoms with Gasteiger partial charge in [0.1, 0.15) is 0 Å². The number of ether oxygens (including phenoxy) is 2. The van der Waals surface area contributed by atoms with Gasteiger partial charge in [0.15, 0.2) is 5.11 Å². The Morgan fingerprint density at radius 2 is 2.05 bits per heavy atom. The number of nitrogens with one attached hydrogen (secondary N) is 3. The van der Waals surface area contributed by atoms with Gasteiger partial charge < -0.3 is 14.8 Å². The molecule has 116 valence electrons. The number of carbonyl (C=O) groups is 1. The third-order valence-corrected chi connectivity index (χ3v) is 2.80. The fraction of sp³-hybridized carbons (Fsp3) is 0.429. The van der Waals surface area contributed by atoms with Crippen molar-refractivity contribution in [2.24, 2.45) is 0 Å². The molecule has 0 spiro atoms. The Kier molecular flexibility index (Phi) is 7.66. The van der Waals surface area contributed by atoms with E-state index in [4.69, 9.17) is 21.7 Å². The lowest BCUT2D eigenvalue weighted by molar-refractivity contribution is 0.0943. The van der Waals surface area contributed by atoms with Crippen LogP contribution in [-0.2, 0) is 16.1 Å². The highest BCUT2D eigenvalue weighted by atomic mass is 32.1. The number of amides is 1. The number of methoxy groups -OCH3 is 2. The van der Waals surface area contributed by atoms with E-state index in [2.05, 4.69) is 16.2 Å². The molecule has 1 rings (SSSR count). The van der Waals surface area contributed by atoms with Crippen molar-refractivity contribution in [3.8, 4) is 0 Å². The molecule has 0 fully saturated rings. The summed E-state index contributed by atoms with van der Waals surface area (Å²) >= 11 is 5.07. The number of benzene rings is 1. The second-order valence-corrected chi connectivity index (χ2v) is 4.95. The highest BCUT2D eigenvalue weighted by Crippen LogP contribution is 2.06. The molecule has 0 heterocycles. The molecule has 0 aromatic heterocycles. The molecule has 0 aliphatic heterocycles. The number of carbonyl (C=O) groups excluding carboxylic acids is 1. The van der Waals surface area contributed by atoms with Gasteiger partial charge >= 0.3 is 0 Å². The first-order valence-corrected chi connectivity index (χ1v) is 6.91. The Labute approximate surface area is 130 Å². The van der Waals surface area contributed by atoms with Gasteiger partial charge in [0.05, 0.1) is 13.2 Å². The maximum Gasteiger partial charge on any atom is 0.269 e. The predicted octanol–water partition coefficient (Wildman–Crippen LogP) is 0.977. The molecule has 1 atom stereocenters. The molecule has 0 unspecified atom stereocenters. The molecule has 0 saturated heterocycles. The summed E-state index contributed by atoms with van der Waals surface area (Å²) in [7, 11) is 3.23. The maximum atomic E-state index is 12.0. The van der Waals surface area contributed by atoms with Gasteiger partial charge in [-0.1, -0.05) is 12.1 Å². The smallest absolute Gasteiger partial charge is 0.269 e. The van der Waals surface area contributed by atoms with Crippen LogP contribution in [0.25, 0.3) is 0 Å². The van der Waals surface area contributed by atoms with Gasteiger partial charge in [0.25, 0.3) is 5.91 Å². The second kappa shape index (κ2) is 9.28. The Hall–Kier alpha value is -1.70. The van der Waals surface area contributed by atoms with Crippen LogP contribution in [0.15, 0.2) is 24.3 Å². The van der Waals surface area contributed by atoms with Crippen LogP contribution >= 0.6 is 12.2 Å². The molecule has 3 N–H and O–H groups in total. The van der Waals surface area contributed by atoms with Gasteiger partial charge in [-0.05, 0) is 36.8 Å². The van der Waals surface area contributed by atoms with Crippen LogP contribution in [0.4, 0.5) is 0 Å². The maximum absolute atomic E-state index is 12.0. The highest BCUT2D eigenvalue weighted by Gasteiger charge is 2.08. The van der Waals surface area contributed by atoms with Crippen molar-refractivity contribution < 1.29 is 14.3 Å². The van der Waals surface area contributed by atoms with Crippen LogP contribution in [0.5, 0.6) is 0 Å². The molecule has 6 nitrogen and oxygen atoms in total. The SMILES string of the molecule is COCc1cccc(C(=O)NNC(=S)N[C@H](C)COC)c1. The van der Waals surface area contributed by atoms with E-state index in [1.54, 1.807) is 32.4 Å². The van der Waals surface area contributed by atoms with Crippen molar-refractivity contribution in [1.82, 2.24) is 16.2 Å². The summed E-state index contributed by atoms with van der Waals surface area (Å²) in [4.78, 5) is 12.0. The monoisotopic (exact) mass is 311 g/mol. The average molecular weight is 311 g/mol. The molecular weight excluding hydrogens is 290 g/mol. The molecule has 1 aromatic rings. The molecule has 7 heteroatoms. The molecule has 0 aliphatic rings. The highest BCUT2D eigenvalue weighted by molar-refractivity contribution is 7.80. The molecular formula is C14H21N3O3S. The van der Waals surface area contributed by atoms with Crippen LogP contribution in [0.1, 0.15) is 22.8 Å². The Morgan fingerprint density at radius 1 is 1.29 bits per heavy atom. The molecule has 21 heavy (non-hydrogen) atoms. The summed E-state index contributed by atoms with van der Waals surface area (Å²) in [5.74, 6) is -0.267. The number of hydrazine groups is 1. The van der Waals surface area contributed by atoms with Crippen molar-refractivity contribution in [1.29, 1.82) is 0 Å². The van der Waals surface area contributed by atoms with E-state index in [0.717, 1.165) is 5.56 Å². The summed E-state index contributed by atoms with van der Waals surface area (Å²) in [5.41, 5.74) is 6.66. The number of hydrogen-bond donors (Lipinski definition) is 3. The van der Waals surface area contributed by atoms with E-state index in [9.17, 15) is 4.79 Å². The molecule has 1 aromatic carbocycles. The quantitative estimate of drug-likeness (QED) is 0.537. The first-order valence-electron chi connectivity index (χ1n) is 6.50. The summed E-state index contributed by atoms with van der Waals surface area (Å²) in [6.07, 6.45) is 0. The predicted molar refractivity (Wildman–Crippen MR) is 84.8 cm³/mol. The fourth-order valence-electron chi connectivity index (χ4n) is 1.71. The standard InChI is InChI=1S/C14H21N3O3S/c1-10(8-19-2)15-14(21)17-16-13(18)12-6-4-5-11(7-12)9-20-3/h4-7,10H,8-9H2,1-3H3,(H,16,18)(H2,15,17,21)/t10-/m1/s1. The van der Waals surface area contributed by atoms with Crippen LogP contribution < -0.4 is 16.2 Å². The number of hydrogen-bond acceptors (Lipinski definition) is 4. The lowest BCUT2D eigenvalue weighted by atomic mass is 10.1. The third-order valence-electron chi connectivity index (χ3n) is 2.58. The largest absolute Gasteiger partial charge is 0.383 e. The average Bonchev–Trinajstić information content (AvgIpc) is 2.45. The first-order chi connectivity index (χ1) is 10.1. The minimum absolute atomic E-state index is 0.0527. The van der Waals surface area contributed by atoms with Crippen LogP contribution in [0.2, 0.25) is 0 Å². The summed E-state index contributed by atoms with van der Waals surface area (Å²) < 4.78 is 10.0. The zero-order chi connectivity index (χ0) is 15.7. The van der Waals surface area contributed by atoms with E-state index >= 15 is 0 Å². The van der Waals surface area contributed by atoms with Crippen molar-refractivity contribution in [2.75, 3.05) is 20.8 Å². The molecule has 0 aliphatic carbocycles. The van der Waals surface area contributed by atoms with E-state index in [1.165, 1.54) is 0 Å². The van der Waals surface area contributed by atoms with Crippen molar-refractivity contribution in [3.05, 3.63) is 35.4 Å². The topological polar surface area (TPSA) is 71.6 Å². The van der Waals surface area contributed by atoms with Crippen LogP contribution in [-0.4, -0.2) is 37.9 Å². The van der Waals surface area contributed by atoms with Gasteiger partial charge in [-0.25, -0.2) is 0 Å². The summed E-state index contributed by atoms with van der Waals surface area (Å²) in [6, 6.07) is 7.24. The first kappa shape index (κ1) is 17.4. The van der Waals surface area contributed by atoms with Gasteiger partial charge in [-0.15, -0.1) is 0 Å². The van der Waals surface area contributed by atoms with Crippen LogP contribution in [0.3, 0.4) is 0 Å². The van der Waals surface area contributed by atoms with Crippen LogP contribution in [0, 0.1) is 0 Å². The normalized spacial score (nSPS) is 11.6. The Bertz CT molecular complexity index is 482. The number of thiocarbonyl (C=S) groups is 1. The van der Waals surface area contributed by atoms with Crippen molar-refractivity contribution >= 4 is 23.2 Å². The Morgan fingerprint density at radius 3 is 2.71 bits per heavy atom. The van der Waals surface area contributed by atoms with E-state index < -0.39 is 0 Å². The fourth-order valence-corrected chi connectivity index (χ4v) is 1.96. The van der Waals surface area contributed by atoms with Gasteiger partial charge in [0.2, 0.25) is 0 Å². The summed E-state index contributed by atoms with van der Waals surface area (Å²) in [6.45, 7) is 2.91. The minimum Gasteiger partial charge on any atom is -0.383 e. The lowest BCUT2D eigenvalue weighted by Crippen LogP contribution is -2.49.